The van der Waals surface area contributed by atoms with E-state index in [1.165, 1.54) is 0 Å². The van der Waals surface area contributed by atoms with Crippen LogP contribution in [0.15, 0.2) is 41.3 Å². The monoisotopic (exact) mass is 606 g/mol. The summed E-state index contributed by atoms with van der Waals surface area (Å²) in [7, 11) is -3.93. The van der Waals surface area contributed by atoms with Gasteiger partial charge in [0, 0.05) is 31.6 Å². The van der Waals surface area contributed by atoms with Crippen LogP contribution in [0.5, 0.6) is 0 Å². The number of hydrogen-bond acceptors (Lipinski definition) is 8. The predicted molar refractivity (Wildman–Crippen MR) is 161 cm³/mol. The molecule has 0 unspecified atom stereocenters. The SMILES string of the molecule is CCCCCC1(CC[C@H]2[C@H](COS(=O)(=O)c3ccc(C)cc3)CC(=O)[C@@H]2CC=CCCCC(=O)OC(C)C)OCCO1. The molecule has 1 saturated carbocycles. The van der Waals surface area contributed by atoms with Gasteiger partial charge in [0.2, 0.25) is 0 Å². The Balaban J connectivity index is 1.66. The minimum atomic E-state index is -3.93. The molecule has 236 valence electrons. The summed E-state index contributed by atoms with van der Waals surface area (Å²) in [5, 5.41) is 0. The molecular formula is C33H50O8S. The van der Waals surface area contributed by atoms with Crippen molar-refractivity contribution >= 4 is 21.9 Å². The maximum Gasteiger partial charge on any atom is 0.306 e. The summed E-state index contributed by atoms with van der Waals surface area (Å²) in [6.07, 6.45) is 12.0. The molecule has 2 fully saturated rings. The van der Waals surface area contributed by atoms with Crippen LogP contribution in [0.3, 0.4) is 0 Å². The number of carbonyl (C=O) groups excluding carboxylic acids is 2. The number of allylic oxidation sites excluding steroid dienone is 2. The van der Waals surface area contributed by atoms with E-state index >= 15 is 0 Å². The molecule has 1 aromatic rings. The standard InChI is InChI=1S/C33H50O8S/c1-5-6-11-19-33(38-21-22-39-33)20-18-29-27(24-40-42(36,37)28-16-14-26(4)15-17-28)23-31(34)30(29)12-9-7-8-10-13-32(35)41-25(2)3/h7,9,14-17,25,27,29-30H,5-6,8,10-13,18-24H2,1-4H3/t27-,29-,30+/m0/s1. The number of unbranched alkanes of at least 4 members (excludes halogenated alkanes) is 3. The quantitative estimate of drug-likeness (QED) is 0.0787. The van der Waals surface area contributed by atoms with E-state index in [1.807, 2.05) is 32.9 Å². The molecule has 1 aliphatic carbocycles. The number of benzene rings is 1. The van der Waals surface area contributed by atoms with Crippen LogP contribution in [0.1, 0.15) is 97.0 Å². The van der Waals surface area contributed by atoms with Gasteiger partial charge in [0.1, 0.15) is 5.78 Å². The van der Waals surface area contributed by atoms with Crippen LogP contribution in [0, 0.1) is 24.7 Å². The van der Waals surface area contributed by atoms with Crippen LogP contribution in [-0.4, -0.2) is 51.9 Å². The normalized spacial score (nSPS) is 22.4. The number of rotatable bonds is 18. The molecule has 0 spiro atoms. The van der Waals surface area contributed by atoms with Crippen molar-refractivity contribution in [3.63, 3.8) is 0 Å². The fourth-order valence-electron chi connectivity index (χ4n) is 5.99. The average molecular weight is 607 g/mol. The fraction of sp³-hybridized carbons (Fsp3) is 0.697. The topological polar surface area (TPSA) is 105 Å². The van der Waals surface area contributed by atoms with E-state index in [9.17, 15) is 18.0 Å². The van der Waals surface area contributed by atoms with Crippen LogP contribution in [0.25, 0.3) is 0 Å². The van der Waals surface area contributed by atoms with E-state index in [0.717, 1.165) is 37.7 Å². The minimum absolute atomic E-state index is 0.0324. The molecule has 0 radical (unpaired) electrons. The first-order valence-electron chi connectivity index (χ1n) is 15.7. The molecular weight excluding hydrogens is 556 g/mol. The van der Waals surface area contributed by atoms with E-state index in [0.29, 0.717) is 45.3 Å². The first-order valence-corrected chi connectivity index (χ1v) is 17.1. The van der Waals surface area contributed by atoms with Gasteiger partial charge < -0.3 is 14.2 Å². The predicted octanol–water partition coefficient (Wildman–Crippen LogP) is 6.69. The zero-order valence-corrected chi connectivity index (χ0v) is 26.7. The lowest BCUT2D eigenvalue weighted by atomic mass is 9.82. The number of esters is 1. The number of hydrogen-bond donors (Lipinski definition) is 0. The maximum atomic E-state index is 13.3. The zero-order chi connectivity index (χ0) is 30.6. The van der Waals surface area contributed by atoms with Gasteiger partial charge in [-0.05, 0) is 76.8 Å². The van der Waals surface area contributed by atoms with Crippen molar-refractivity contribution in [1.82, 2.24) is 0 Å². The maximum absolute atomic E-state index is 13.3. The molecule has 1 heterocycles. The van der Waals surface area contributed by atoms with E-state index in [1.54, 1.807) is 24.3 Å². The highest BCUT2D eigenvalue weighted by molar-refractivity contribution is 7.86. The Bertz CT molecular complexity index is 1120. The third-order valence-electron chi connectivity index (χ3n) is 8.26. The number of ketones is 1. The summed E-state index contributed by atoms with van der Waals surface area (Å²) in [5.41, 5.74) is 0.964. The summed E-state index contributed by atoms with van der Waals surface area (Å²) in [5.74, 6) is -1.18. The number of ether oxygens (including phenoxy) is 3. The lowest BCUT2D eigenvalue weighted by molar-refractivity contribution is -0.171. The van der Waals surface area contributed by atoms with Crippen LogP contribution < -0.4 is 0 Å². The number of Topliss-reactive ketones (excluding diaryl/α,β-unsaturated/α-hetero) is 1. The smallest absolute Gasteiger partial charge is 0.306 e. The highest BCUT2D eigenvalue weighted by Gasteiger charge is 2.44. The van der Waals surface area contributed by atoms with Crippen molar-refractivity contribution in [3.05, 3.63) is 42.0 Å². The third kappa shape index (κ3) is 10.6. The van der Waals surface area contributed by atoms with Gasteiger partial charge in [-0.3, -0.25) is 13.8 Å². The third-order valence-corrected chi connectivity index (χ3v) is 9.55. The molecule has 9 heteroatoms. The van der Waals surface area contributed by atoms with Crippen LogP contribution in [-0.2, 0) is 38.1 Å². The highest BCUT2D eigenvalue weighted by Crippen LogP contribution is 2.43. The van der Waals surface area contributed by atoms with Crippen molar-refractivity contribution in [1.29, 1.82) is 0 Å². The Labute approximate surface area is 252 Å². The zero-order valence-electron chi connectivity index (χ0n) is 25.8. The van der Waals surface area contributed by atoms with Gasteiger partial charge >= 0.3 is 5.97 Å². The van der Waals surface area contributed by atoms with Crippen molar-refractivity contribution in [3.8, 4) is 0 Å². The lowest BCUT2D eigenvalue weighted by Gasteiger charge is -2.31. The molecule has 1 saturated heterocycles. The molecule has 0 bridgehead atoms. The minimum Gasteiger partial charge on any atom is -0.463 e. The van der Waals surface area contributed by atoms with E-state index in [2.05, 4.69) is 6.92 Å². The second kappa shape index (κ2) is 16.7. The van der Waals surface area contributed by atoms with E-state index in [-0.39, 0.29) is 53.5 Å². The molecule has 1 aliphatic heterocycles. The Hall–Kier alpha value is -2.07. The highest BCUT2D eigenvalue weighted by atomic mass is 32.2. The Kier molecular flexibility index (Phi) is 13.7. The van der Waals surface area contributed by atoms with Crippen molar-refractivity contribution in [2.45, 2.75) is 115 Å². The molecule has 3 atom stereocenters. The van der Waals surface area contributed by atoms with Gasteiger partial charge in [0.05, 0.1) is 30.8 Å². The molecule has 3 rings (SSSR count). The average Bonchev–Trinajstić information content (AvgIpc) is 3.52. The Morgan fingerprint density at radius 3 is 2.45 bits per heavy atom. The van der Waals surface area contributed by atoms with Crippen molar-refractivity contribution < 1.29 is 36.4 Å². The number of carbonyl (C=O) groups is 2. The van der Waals surface area contributed by atoms with Crippen LogP contribution in [0.2, 0.25) is 0 Å². The first kappa shape index (κ1) is 34.4. The van der Waals surface area contributed by atoms with Gasteiger partial charge in [-0.25, -0.2) is 0 Å². The summed E-state index contributed by atoms with van der Waals surface area (Å²) >= 11 is 0. The molecule has 42 heavy (non-hydrogen) atoms. The second-order valence-electron chi connectivity index (χ2n) is 12.0. The van der Waals surface area contributed by atoms with Gasteiger partial charge in [-0.2, -0.15) is 8.42 Å². The molecule has 8 nitrogen and oxygen atoms in total. The lowest BCUT2D eigenvalue weighted by Crippen LogP contribution is -2.32. The number of aryl methyl sites for hydroxylation is 1. The summed E-state index contributed by atoms with van der Waals surface area (Å²) < 4.78 is 48.8. The van der Waals surface area contributed by atoms with Gasteiger partial charge in [-0.1, -0.05) is 49.6 Å². The second-order valence-corrected chi connectivity index (χ2v) is 13.6. The first-order chi connectivity index (χ1) is 20.0. The van der Waals surface area contributed by atoms with E-state index < -0.39 is 15.9 Å². The van der Waals surface area contributed by atoms with Gasteiger partial charge in [0.15, 0.2) is 5.79 Å². The fourth-order valence-corrected chi connectivity index (χ4v) is 6.95. The summed E-state index contributed by atoms with van der Waals surface area (Å²) in [6.45, 7) is 8.82. The van der Waals surface area contributed by atoms with Crippen molar-refractivity contribution in [2.75, 3.05) is 19.8 Å². The molecule has 2 aliphatic rings. The largest absolute Gasteiger partial charge is 0.463 e. The van der Waals surface area contributed by atoms with Crippen LogP contribution in [0.4, 0.5) is 0 Å². The van der Waals surface area contributed by atoms with Gasteiger partial charge in [0.25, 0.3) is 10.1 Å². The molecule has 0 N–H and O–H groups in total. The Morgan fingerprint density at radius 2 is 1.79 bits per heavy atom. The summed E-state index contributed by atoms with van der Waals surface area (Å²) in [6, 6.07) is 6.58. The van der Waals surface area contributed by atoms with Crippen LogP contribution >= 0.6 is 0 Å². The Morgan fingerprint density at radius 1 is 1.07 bits per heavy atom. The molecule has 0 amide bonds. The molecule has 0 aromatic heterocycles. The van der Waals surface area contributed by atoms with Gasteiger partial charge in [-0.15, -0.1) is 0 Å². The summed E-state index contributed by atoms with van der Waals surface area (Å²) in [4.78, 5) is 25.2. The van der Waals surface area contributed by atoms with Crippen molar-refractivity contribution in [2.24, 2.45) is 17.8 Å². The van der Waals surface area contributed by atoms with E-state index in [4.69, 9.17) is 18.4 Å². The molecule has 1 aromatic carbocycles.